The Morgan fingerprint density at radius 1 is 1.48 bits per heavy atom. The number of urea groups is 1. The van der Waals surface area contributed by atoms with Crippen LogP contribution in [0.5, 0.6) is 5.75 Å². The molecule has 0 saturated heterocycles. The third-order valence-electron chi connectivity index (χ3n) is 2.81. The molecule has 0 fully saturated rings. The highest BCUT2D eigenvalue weighted by Crippen LogP contribution is 2.26. The van der Waals surface area contributed by atoms with E-state index in [1.54, 1.807) is 24.4 Å². The van der Waals surface area contributed by atoms with Gasteiger partial charge in [-0.05, 0) is 39.0 Å². The summed E-state index contributed by atoms with van der Waals surface area (Å²) in [4.78, 5) is 17.2. The number of thiazole rings is 1. The topological polar surface area (TPSA) is 87.0 Å². The predicted octanol–water partition coefficient (Wildman–Crippen LogP) is 3.43. The second-order valence-electron chi connectivity index (χ2n) is 5.14. The number of carbonyl (C=O) groups excluding carboxylic acids is 1. The molecular formula is C16H18N4O2S. The van der Waals surface area contributed by atoms with E-state index in [4.69, 9.17) is 10.00 Å². The maximum Gasteiger partial charge on any atom is 0.319 e. The van der Waals surface area contributed by atoms with Gasteiger partial charge in [-0.1, -0.05) is 0 Å². The van der Waals surface area contributed by atoms with Crippen molar-refractivity contribution in [2.24, 2.45) is 0 Å². The molecule has 2 amide bonds. The molecule has 0 aliphatic carbocycles. The van der Waals surface area contributed by atoms with Gasteiger partial charge in [0.2, 0.25) is 0 Å². The summed E-state index contributed by atoms with van der Waals surface area (Å²) in [6.45, 7) is 6.11. The molecule has 2 N–H and O–H groups in total. The summed E-state index contributed by atoms with van der Waals surface area (Å²) in [6.07, 6.45) is 1.70. The molecule has 0 atom stereocenters. The van der Waals surface area contributed by atoms with Crippen molar-refractivity contribution in [1.82, 2.24) is 10.3 Å². The lowest BCUT2D eigenvalue weighted by molar-refractivity contribution is 0.241. The van der Waals surface area contributed by atoms with Crippen LogP contribution in [0.25, 0.3) is 0 Å². The highest BCUT2D eigenvalue weighted by molar-refractivity contribution is 7.11. The van der Waals surface area contributed by atoms with Crippen molar-refractivity contribution in [2.45, 2.75) is 33.4 Å². The maximum absolute atomic E-state index is 12.1. The first kappa shape index (κ1) is 16.8. The zero-order valence-corrected chi connectivity index (χ0v) is 14.0. The molecule has 1 aromatic carbocycles. The Morgan fingerprint density at radius 3 is 2.87 bits per heavy atom. The van der Waals surface area contributed by atoms with Crippen LogP contribution in [-0.2, 0) is 6.54 Å². The number of hydrogen-bond acceptors (Lipinski definition) is 5. The quantitative estimate of drug-likeness (QED) is 0.879. The Kier molecular flexibility index (Phi) is 5.55. The summed E-state index contributed by atoms with van der Waals surface area (Å²) in [5, 5.41) is 15.4. The van der Waals surface area contributed by atoms with E-state index >= 15 is 0 Å². The number of carbonyl (C=O) groups is 1. The van der Waals surface area contributed by atoms with Gasteiger partial charge in [-0.15, -0.1) is 11.3 Å². The summed E-state index contributed by atoms with van der Waals surface area (Å²) < 4.78 is 5.65. The van der Waals surface area contributed by atoms with Crippen molar-refractivity contribution in [3.63, 3.8) is 0 Å². The Labute approximate surface area is 139 Å². The van der Waals surface area contributed by atoms with Crippen molar-refractivity contribution in [1.29, 1.82) is 5.26 Å². The number of aryl methyl sites for hydroxylation is 1. The fourth-order valence-corrected chi connectivity index (χ4v) is 2.61. The van der Waals surface area contributed by atoms with Crippen molar-refractivity contribution in [2.75, 3.05) is 5.32 Å². The van der Waals surface area contributed by atoms with Crippen LogP contribution in [0.15, 0.2) is 24.4 Å². The molecule has 0 radical (unpaired) electrons. The minimum Gasteiger partial charge on any atom is -0.489 e. The van der Waals surface area contributed by atoms with Crippen LogP contribution >= 0.6 is 11.3 Å². The first-order valence-corrected chi connectivity index (χ1v) is 7.96. The second kappa shape index (κ2) is 7.61. The van der Waals surface area contributed by atoms with Crippen molar-refractivity contribution in [3.8, 4) is 11.8 Å². The van der Waals surface area contributed by atoms with E-state index < -0.39 is 0 Å². The number of hydrogen-bond donors (Lipinski definition) is 2. The molecule has 0 unspecified atom stereocenters. The van der Waals surface area contributed by atoms with Gasteiger partial charge in [0.1, 0.15) is 5.75 Å². The van der Waals surface area contributed by atoms with Gasteiger partial charge in [0.15, 0.2) is 0 Å². The third kappa shape index (κ3) is 4.97. The fraction of sp³-hybridized carbons (Fsp3) is 0.312. The van der Waals surface area contributed by atoms with Crippen LogP contribution in [0.1, 0.15) is 29.3 Å². The SMILES string of the molecule is Cc1ncc(CNC(=O)Nc2cc(C#N)ccc2OC(C)C)s1. The van der Waals surface area contributed by atoms with E-state index in [9.17, 15) is 4.79 Å². The molecule has 7 heteroatoms. The summed E-state index contributed by atoms with van der Waals surface area (Å²) in [6, 6.07) is 6.61. The molecule has 0 aliphatic rings. The van der Waals surface area contributed by atoms with Crippen LogP contribution in [0.2, 0.25) is 0 Å². The number of nitrogens with zero attached hydrogens (tertiary/aromatic N) is 2. The number of nitriles is 1. The highest BCUT2D eigenvalue weighted by Gasteiger charge is 2.11. The summed E-state index contributed by atoms with van der Waals surface area (Å²) in [5.74, 6) is 0.530. The van der Waals surface area contributed by atoms with E-state index in [-0.39, 0.29) is 12.1 Å². The standard InChI is InChI=1S/C16H18N4O2S/c1-10(2)22-15-5-4-12(7-17)6-14(15)20-16(21)19-9-13-8-18-11(3)23-13/h4-6,8,10H,9H2,1-3H3,(H2,19,20,21). The van der Waals surface area contributed by atoms with Gasteiger partial charge in [-0.2, -0.15) is 5.26 Å². The van der Waals surface area contributed by atoms with Gasteiger partial charge in [0.05, 0.1) is 35.0 Å². The van der Waals surface area contributed by atoms with Crippen LogP contribution in [0, 0.1) is 18.3 Å². The van der Waals surface area contributed by atoms with Crippen LogP contribution < -0.4 is 15.4 Å². The second-order valence-corrected chi connectivity index (χ2v) is 6.46. The molecule has 1 heterocycles. The number of anilines is 1. The van der Waals surface area contributed by atoms with Crippen molar-refractivity contribution in [3.05, 3.63) is 39.8 Å². The van der Waals surface area contributed by atoms with Crippen LogP contribution in [-0.4, -0.2) is 17.1 Å². The Bertz CT molecular complexity index is 734. The first-order valence-electron chi connectivity index (χ1n) is 7.15. The summed E-state index contributed by atoms with van der Waals surface area (Å²) in [7, 11) is 0. The van der Waals surface area contributed by atoms with E-state index in [1.807, 2.05) is 26.8 Å². The van der Waals surface area contributed by atoms with E-state index in [1.165, 1.54) is 11.3 Å². The average molecular weight is 330 g/mol. The Balaban J connectivity index is 2.04. The fourth-order valence-electron chi connectivity index (χ4n) is 1.87. The zero-order chi connectivity index (χ0) is 16.8. The normalized spacial score (nSPS) is 10.2. The maximum atomic E-state index is 12.1. The molecule has 0 bridgehead atoms. The highest BCUT2D eigenvalue weighted by atomic mass is 32.1. The van der Waals surface area contributed by atoms with E-state index in [0.29, 0.717) is 23.5 Å². The average Bonchev–Trinajstić information content (AvgIpc) is 2.92. The molecule has 0 spiro atoms. The summed E-state index contributed by atoms with van der Waals surface area (Å²) >= 11 is 1.53. The lowest BCUT2D eigenvalue weighted by Gasteiger charge is -2.15. The molecule has 23 heavy (non-hydrogen) atoms. The largest absolute Gasteiger partial charge is 0.489 e. The minimum absolute atomic E-state index is 0.0354. The molecule has 6 nitrogen and oxygen atoms in total. The number of benzene rings is 1. The number of nitrogens with one attached hydrogen (secondary N) is 2. The van der Waals surface area contributed by atoms with Crippen LogP contribution in [0.3, 0.4) is 0 Å². The number of ether oxygens (including phenoxy) is 1. The first-order chi connectivity index (χ1) is 11.0. The third-order valence-corrected chi connectivity index (χ3v) is 3.72. The van der Waals surface area contributed by atoms with Gasteiger partial charge in [0, 0.05) is 11.1 Å². The summed E-state index contributed by atoms with van der Waals surface area (Å²) in [5.41, 5.74) is 0.922. The van der Waals surface area contributed by atoms with Gasteiger partial charge in [0.25, 0.3) is 0 Å². The smallest absolute Gasteiger partial charge is 0.319 e. The van der Waals surface area contributed by atoms with Crippen molar-refractivity contribution >= 4 is 23.1 Å². The van der Waals surface area contributed by atoms with Gasteiger partial charge in [-0.3, -0.25) is 0 Å². The molecule has 1 aromatic heterocycles. The van der Waals surface area contributed by atoms with Gasteiger partial charge < -0.3 is 15.4 Å². The minimum atomic E-state index is -0.361. The Morgan fingerprint density at radius 2 is 2.26 bits per heavy atom. The lowest BCUT2D eigenvalue weighted by atomic mass is 10.2. The lowest BCUT2D eigenvalue weighted by Crippen LogP contribution is -2.28. The molecule has 0 aliphatic heterocycles. The number of rotatable bonds is 5. The molecule has 120 valence electrons. The van der Waals surface area contributed by atoms with E-state index in [2.05, 4.69) is 15.6 Å². The monoisotopic (exact) mass is 330 g/mol. The molecule has 2 aromatic rings. The molecule has 2 rings (SSSR count). The van der Waals surface area contributed by atoms with Gasteiger partial charge in [-0.25, -0.2) is 9.78 Å². The van der Waals surface area contributed by atoms with E-state index in [0.717, 1.165) is 9.88 Å². The van der Waals surface area contributed by atoms with Crippen molar-refractivity contribution < 1.29 is 9.53 Å². The van der Waals surface area contributed by atoms with Gasteiger partial charge >= 0.3 is 6.03 Å². The number of aromatic nitrogens is 1. The predicted molar refractivity (Wildman–Crippen MR) is 89.6 cm³/mol. The zero-order valence-electron chi connectivity index (χ0n) is 13.2. The van der Waals surface area contributed by atoms with Crippen LogP contribution in [0.4, 0.5) is 10.5 Å². The molecule has 0 saturated carbocycles. The Hall–Kier alpha value is -2.59. The molecular weight excluding hydrogens is 312 g/mol. The number of amides is 2.